The number of imidazole rings is 1. The number of nitrogens with zero attached hydrogens (tertiary/aromatic N) is 3. The summed E-state index contributed by atoms with van der Waals surface area (Å²) >= 11 is 6.26. The van der Waals surface area contributed by atoms with Gasteiger partial charge in [-0.05, 0) is 44.4 Å². The van der Waals surface area contributed by atoms with Gasteiger partial charge in [-0.2, -0.15) is 0 Å². The fraction of sp³-hybridized carbons (Fsp3) is 0.500. The first-order chi connectivity index (χ1) is 9.17. The number of hydrogen-bond acceptors (Lipinski definition) is 2. The summed E-state index contributed by atoms with van der Waals surface area (Å²) in [5, 5.41) is 0. The zero-order chi connectivity index (χ0) is 13.6. The maximum absolute atomic E-state index is 12.3. The molecule has 0 amide bonds. The van der Waals surface area contributed by atoms with Crippen LogP contribution >= 0.6 is 11.8 Å². The number of fused-ring (bicyclic) bond motifs is 2. The van der Waals surface area contributed by atoms with Crippen LogP contribution in [0.5, 0.6) is 0 Å². The molecule has 0 saturated heterocycles. The Morgan fingerprint density at radius 1 is 1.16 bits per heavy atom. The number of halogens is 1. The van der Waals surface area contributed by atoms with Gasteiger partial charge in [-0.15, -0.1) is 0 Å². The Morgan fingerprint density at radius 2 is 1.79 bits per heavy atom. The molecule has 1 aliphatic heterocycles. The van der Waals surface area contributed by atoms with Crippen molar-refractivity contribution < 1.29 is 0 Å². The Hall–Kier alpha value is -1.42. The quantitative estimate of drug-likeness (QED) is 0.792. The van der Waals surface area contributed by atoms with Gasteiger partial charge in [0.15, 0.2) is 0 Å². The second-order valence-corrected chi connectivity index (χ2v) is 5.34. The van der Waals surface area contributed by atoms with Gasteiger partial charge in [0.1, 0.15) is 0 Å². The minimum absolute atomic E-state index is 0.0727. The van der Waals surface area contributed by atoms with Gasteiger partial charge in [-0.3, -0.25) is 13.6 Å². The van der Waals surface area contributed by atoms with Crippen molar-refractivity contribution in [2.24, 2.45) is 0 Å². The molecule has 4 nitrogen and oxygen atoms in total. The van der Waals surface area contributed by atoms with E-state index in [0.717, 1.165) is 36.1 Å². The van der Waals surface area contributed by atoms with E-state index in [0.29, 0.717) is 13.1 Å². The third-order valence-electron chi connectivity index (χ3n) is 3.91. The highest BCUT2D eigenvalue weighted by Gasteiger charge is 2.20. The van der Waals surface area contributed by atoms with E-state index in [4.69, 9.17) is 11.8 Å². The smallest absolute Gasteiger partial charge is 0.292 e. The van der Waals surface area contributed by atoms with E-state index in [1.807, 2.05) is 23.0 Å². The van der Waals surface area contributed by atoms with Gasteiger partial charge in [-0.25, -0.2) is 4.79 Å². The van der Waals surface area contributed by atoms with Crippen LogP contribution in [-0.4, -0.2) is 15.7 Å². The summed E-state index contributed by atoms with van der Waals surface area (Å²) in [5.74, 6) is 0. The molecule has 2 aromatic rings. The molecule has 3 rings (SSSR count). The van der Waals surface area contributed by atoms with Gasteiger partial charge < -0.3 is 0 Å². The lowest BCUT2D eigenvalue weighted by Gasteiger charge is -2.24. The van der Waals surface area contributed by atoms with E-state index >= 15 is 0 Å². The van der Waals surface area contributed by atoms with Crippen molar-refractivity contribution in [3.8, 4) is 0 Å². The van der Waals surface area contributed by atoms with Crippen LogP contribution < -0.4 is 10.1 Å². The predicted molar refractivity (Wildman–Crippen MR) is 79.1 cm³/mol. The summed E-state index contributed by atoms with van der Waals surface area (Å²) in [6, 6.07) is 4.20. The van der Waals surface area contributed by atoms with Gasteiger partial charge in [0.05, 0.1) is 16.7 Å². The zero-order valence-electron chi connectivity index (χ0n) is 11.3. The molecule has 19 heavy (non-hydrogen) atoms. The number of anilines is 1. The Labute approximate surface area is 117 Å². The number of aromatic nitrogens is 2. The standard InChI is InChI=1S/C14H18ClN3O/c1-3-16-12-8-10-6-5-7-18(15)11(10)9-13(12)17(4-2)14(16)19/h8-9H,3-7H2,1-2H3. The average molecular weight is 280 g/mol. The molecule has 0 fully saturated rings. The Balaban J connectivity index is 2.36. The highest BCUT2D eigenvalue weighted by Crippen LogP contribution is 2.32. The van der Waals surface area contributed by atoms with Gasteiger partial charge in [-0.1, -0.05) is 0 Å². The summed E-state index contributed by atoms with van der Waals surface area (Å²) in [6.45, 7) is 6.26. The van der Waals surface area contributed by atoms with E-state index in [-0.39, 0.29) is 5.69 Å². The van der Waals surface area contributed by atoms with Crippen LogP contribution in [0.4, 0.5) is 5.69 Å². The first-order valence-corrected chi connectivity index (χ1v) is 7.20. The van der Waals surface area contributed by atoms with Crippen LogP contribution in [0.15, 0.2) is 16.9 Å². The predicted octanol–water partition coefficient (Wildman–Crippen LogP) is 2.75. The van der Waals surface area contributed by atoms with Crippen molar-refractivity contribution in [1.29, 1.82) is 0 Å². The molecule has 2 heterocycles. The largest absolute Gasteiger partial charge is 0.329 e. The molecular weight excluding hydrogens is 262 g/mol. The van der Waals surface area contributed by atoms with Crippen molar-refractivity contribution in [3.63, 3.8) is 0 Å². The molecule has 1 aliphatic rings. The second-order valence-electron chi connectivity index (χ2n) is 4.93. The molecule has 5 heteroatoms. The monoisotopic (exact) mass is 279 g/mol. The molecule has 1 aromatic heterocycles. The third kappa shape index (κ3) is 1.77. The summed E-state index contributed by atoms with van der Waals surface area (Å²) in [4.78, 5) is 12.3. The van der Waals surface area contributed by atoms with Gasteiger partial charge in [0.25, 0.3) is 0 Å². The Bertz CT molecular complexity index is 686. The summed E-state index contributed by atoms with van der Waals surface area (Å²) < 4.78 is 5.43. The highest BCUT2D eigenvalue weighted by molar-refractivity contribution is 6.26. The lowest BCUT2D eigenvalue weighted by Crippen LogP contribution is -2.23. The van der Waals surface area contributed by atoms with Crippen LogP contribution in [0, 0.1) is 0 Å². The van der Waals surface area contributed by atoms with E-state index < -0.39 is 0 Å². The molecule has 0 bridgehead atoms. The van der Waals surface area contributed by atoms with E-state index in [9.17, 15) is 4.79 Å². The first kappa shape index (κ1) is 12.6. The number of rotatable bonds is 2. The molecular formula is C14H18ClN3O. The van der Waals surface area contributed by atoms with Crippen molar-refractivity contribution >= 4 is 28.5 Å². The molecule has 0 spiro atoms. The second kappa shape index (κ2) is 4.60. The lowest BCUT2D eigenvalue weighted by atomic mass is 10.0. The van der Waals surface area contributed by atoms with E-state index in [1.54, 1.807) is 4.42 Å². The first-order valence-electron chi connectivity index (χ1n) is 6.86. The molecule has 0 saturated carbocycles. The number of benzene rings is 1. The average Bonchev–Trinajstić information content (AvgIpc) is 2.67. The number of aryl methyl sites for hydroxylation is 3. The van der Waals surface area contributed by atoms with Gasteiger partial charge >= 0.3 is 5.69 Å². The van der Waals surface area contributed by atoms with Crippen LogP contribution in [0.25, 0.3) is 11.0 Å². The highest BCUT2D eigenvalue weighted by atomic mass is 35.5. The number of hydrogen-bond donors (Lipinski definition) is 0. The topological polar surface area (TPSA) is 30.2 Å². The van der Waals surface area contributed by atoms with E-state index in [2.05, 4.69) is 12.1 Å². The molecule has 0 atom stereocenters. The van der Waals surface area contributed by atoms with Crippen LogP contribution in [-0.2, 0) is 19.5 Å². The molecule has 1 aromatic carbocycles. The fourth-order valence-corrected chi connectivity index (χ4v) is 3.24. The normalized spacial score (nSPS) is 15.0. The molecule has 0 aliphatic carbocycles. The lowest BCUT2D eigenvalue weighted by molar-refractivity contribution is 0.670. The van der Waals surface area contributed by atoms with Gasteiger partial charge in [0.2, 0.25) is 0 Å². The molecule has 0 N–H and O–H groups in total. The maximum Gasteiger partial charge on any atom is 0.329 e. The summed E-state index contributed by atoms with van der Waals surface area (Å²) in [5.41, 5.74) is 4.38. The Kier molecular flexibility index (Phi) is 3.05. The molecule has 102 valence electrons. The van der Waals surface area contributed by atoms with Crippen molar-refractivity contribution in [2.45, 2.75) is 39.8 Å². The molecule has 0 radical (unpaired) electrons. The minimum atomic E-state index is 0.0727. The molecule has 0 unspecified atom stereocenters. The van der Waals surface area contributed by atoms with Crippen molar-refractivity contribution in [1.82, 2.24) is 9.13 Å². The summed E-state index contributed by atoms with van der Waals surface area (Å²) in [6.07, 6.45) is 2.09. The van der Waals surface area contributed by atoms with Crippen LogP contribution in [0.2, 0.25) is 0 Å². The SMILES string of the molecule is CCn1c(=O)n(CC)c2cc3c(cc21)CCCN3Cl. The van der Waals surface area contributed by atoms with Crippen LogP contribution in [0.3, 0.4) is 0 Å². The van der Waals surface area contributed by atoms with Crippen molar-refractivity contribution in [2.75, 3.05) is 11.0 Å². The fourth-order valence-electron chi connectivity index (χ4n) is 2.96. The van der Waals surface area contributed by atoms with Gasteiger partial charge in [0, 0.05) is 31.4 Å². The van der Waals surface area contributed by atoms with Crippen LogP contribution in [0.1, 0.15) is 25.8 Å². The zero-order valence-corrected chi connectivity index (χ0v) is 12.1. The van der Waals surface area contributed by atoms with E-state index in [1.165, 1.54) is 5.56 Å². The van der Waals surface area contributed by atoms with Crippen molar-refractivity contribution in [3.05, 3.63) is 28.2 Å². The third-order valence-corrected chi connectivity index (χ3v) is 4.26. The summed E-state index contributed by atoms with van der Waals surface area (Å²) in [7, 11) is 0. The minimum Gasteiger partial charge on any atom is -0.292 e. The maximum atomic E-state index is 12.3. The Morgan fingerprint density at radius 3 is 2.42 bits per heavy atom.